The van der Waals surface area contributed by atoms with E-state index in [4.69, 9.17) is 22.8 Å². The lowest BCUT2D eigenvalue weighted by Gasteiger charge is -2.30. The standard InChI is InChI=1S/C52H66IN9O6/c1-28(2)43(59-50(65)67-7)48(63)61-21-11-15-41(61)46-55-27-40(58-46)34-17-18-35(33-14-10-13-32(33)34)45-37-25-52(19-8-9-20-52)24-36(37)38(26-54-45)30(5)23-39-31(6)56-47(57-39)42-16-12-22-62(42)49(64)44(29(3)4)60-51(66)68-53/h17-18,23,26-29,41-44H,8-16,19-22,24-25H2,1-7H3,(H,55,58)(H,56,57)(H,59,65)(H,60,66)/b30-23+/t41-,42-,43-,44-/m0/s1. The van der Waals surface area contributed by atoms with Crippen molar-refractivity contribution in [3.8, 4) is 22.5 Å². The molecule has 15 nitrogen and oxygen atoms in total. The molecular weight excluding hydrogens is 974 g/mol. The molecule has 0 unspecified atom stereocenters. The highest BCUT2D eigenvalue weighted by Crippen LogP contribution is 2.53. The Hall–Kier alpha value is -5.26. The van der Waals surface area contributed by atoms with Crippen molar-refractivity contribution in [2.24, 2.45) is 17.3 Å². The van der Waals surface area contributed by atoms with Gasteiger partial charge in [0.05, 0.1) is 42.5 Å². The summed E-state index contributed by atoms with van der Waals surface area (Å²) < 4.78 is 9.64. The number of likely N-dealkylation sites (tertiary alicyclic amines) is 2. The van der Waals surface area contributed by atoms with Crippen molar-refractivity contribution < 1.29 is 27.0 Å². The predicted molar refractivity (Wildman–Crippen MR) is 268 cm³/mol. The Balaban J connectivity index is 0.999. The van der Waals surface area contributed by atoms with Crippen LogP contribution in [0.15, 0.2) is 24.5 Å². The summed E-state index contributed by atoms with van der Waals surface area (Å²) in [6, 6.07) is 2.71. The number of aromatic amines is 2. The van der Waals surface area contributed by atoms with Crippen LogP contribution in [0.2, 0.25) is 0 Å². The molecule has 4 N–H and O–H groups in total. The Morgan fingerprint density at radius 2 is 1.38 bits per heavy atom. The molecule has 4 atom stereocenters. The van der Waals surface area contributed by atoms with Crippen molar-refractivity contribution in [3.05, 3.63) is 75.4 Å². The molecule has 2 aliphatic heterocycles. The molecule has 2 saturated heterocycles. The van der Waals surface area contributed by atoms with Gasteiger partial charge < -0.3 is 38.2 Å². The van der Waals surface area contributed by atoms with Gasteiger partial charge in [0.2, 0.25) is 11.8 Å². The predicted octanol–water partition coefficient (Wildman–Crippen LogP) is 9.69. The number of ether oxygens (including phenoxy) is 1. The molecule has 68 heavy (non-hydrogen) atoms. The van der Waals surface area contributed by atoms with Gasteiger partial charge >= 0.3 is 12.2 Å². The van der Waals surface area contributed by atoms with E-state index in [9.17, 15) is 19.2 Å². The van der Waals surface area contributed by atoms with Gasteiger partial charge in [0.1, 0.15) is 23.7 Å². The number of carbonyl (C=O) groups is 4. The second kappa shape index (κ2) is 19.6. The molecule has 0 bridgehead atoms. The molecule has 1 aromatic carbocycles. The molecule has 3 aromatic heterocycles. The summed E-state index contributed by atoms with van der Waals surface area (Å²) in [6.07, 6.45) is 18.4. The number of pyridine rings is 1. The van der Waals surface area contributed by atoms with Crippen LogP contribution < -0.4 is 10.6 Å². The fourth-order valence-electron chi connectivity index (χ4n) is 12.1. The number of fused-ring (bicyclic) bond motifs is 2. The van der Waals surface area contributed by atoms with Crippen molar-refractivity contribution in [3.63, 3.8) is 0 Å². The molecule has 1 saturated carbocycles. The molecule has 16 heteroatoms. The molecule has 4 aromatic rings. The monoisotopic (exact) mass is 1040 g/mol. The van der Waals surface area contributed by atoms with E-state index < -0.39 is 24.3 Å². The first-order chi connectivity index (χ1) is 32.7. The minimum atomic E-state index is -0.698. The summed E-state index contributed by atoms with van der Waals surface area (Å²) in [5.74, 6) is 1.07. The van der Waals surface area contributed by atoms with Crippen LogP contribution >= 0.6 is 23.0 Å². The number of amides is 4. The summed E-state index contributed by atoms with van der Waals surface area (Å²) >= 11 is 1.54. The number of allylic oxidation sites excluding steroid dienone is 1. The van der Waals surface area contributed by atoms with Gasteiger partial charge in [-0.15, -0.1) is 0 Å². The number of carbonyl (C=O) groups excluding carboxylic acids is 4. The van der Waals surface area contributed by atoms with Crippen LogP contribution in [0.4, 0.5) is 9.59 Å². The SMILES string of the molecule is COC(=O)N[C@H](C(=O)N1CCC[C@H]1c1ncc(-c2ccc(-c3ncc(/C(C)=C/c4nc([C@@H]5CCCN5C(=O)[C@@H](NC(=O)OI)C(C)C)[nH]c4C)c4c3CC3(CCCC3)C4)c3c2CCC3)[nH]1)C(C)C. The van der Waals surface area contributed by atoms with Gasteiger partial charge in [0.25, 0.3) is 0 Å². The lowest BCUT2D eigenvalue weighted by atomic mass is 9.82. The molecule has 0 radical (unpaired) electrons. The normalized spacial score (nSPS) is 20.6. The number of aryl methyl sites for hydroxylation is 1. The maximum Gasteiger partial charge on any atom is 0.417 e. The summed E-state index contributed by atoms with van der Waals surface area (Å²) in [7, 11) is 1.31. The van der Waals surface area contributed by atoms with Crippen LogP contribution in [0.5, 0.6) is 0 Å². The molecule has 9 rings (SSSR count). The van der Waals surface area contributed by atoms with E-state index in [0.29, 0.717) is 13.1 Å². The lowest BCUT2D eigenvalue weighted by molar-refractivity contribution is -0.136. The van der Waals surface area contributed by atoms with Crippen molar-refractivity contribution in [2.45, 2.75) is 149 Å². The van der Waals surface area contributed by atoms with Gasteiger partial charge in [-0.3, -0.25) is 14.6 Å². The van der Waals surface area contributed by atoms with E-state index in [1.807, 2.05) is 50.6 Å². The van der Waals surface area contributed by atoms with Gasteiger partial charge in [-0.05, 0) is 141 Å². The number of hydrogen-bond donors (Lipinski definition) is 4. The molecule has 1 spiro atoms. The number of imidazole rings is 2. The van der Waals surface area contributed by atoms with Crippen LogP contribution in [0.3, 0.4) is 0 Å². The molecule has 3 fully saturated rings. The first-order valence-corrected chi connectivity index (χ1v) is 25.6. The van der Waals surface area contributed by atoms with Crippen LogP contribution in [0, 0.1) is 24.2 Å². The van der Waals surface area contributed by atoms with Crippen molar-refractivity contribution >= 4 is 58.7 Å². The van der Waals surface area contributed by atoms with Gasteiger partial charge in [0.15, 0.2) is 23.0 Å². The molecule has 3 aliphatic carbocycles. The Labute approximate surface area is 413 Å². The minimum Gasteiger partial charge on any atom is -0.453 e. The van der Waals surface area contributed by atoms with Gasteiger partial charge in [-0.2, -0.15) is 0 Å². The summed E-state index contributed by atoms with van der Waals surface area (Å²) in [5.41, 5.74) is 14.3. The van der Waals surface area contributed by atoms with Crippen LogP contribution in [-0.2, 0) is 43.1 Å². The first-order valence-electron chi connectivity index (χ1n) is 24.7. The Kier molecular flexibility index (Phi) is 13.8. The fourth-order valence-corrected chi connectivity index (χ4v) is 12.2. The van der Waals surface area contributed by atoms with Crippen LogP contribution in [0.1, 0.15) is 155 Å². The maximum atomic E-state index is 13.9. The summed E-state index contributed by atoms with van der Waals surface area (Å²) in [5, 5.41) is 5.49. The zero-order valence-electron chi connectivity index (χ0n) is 40.5. The number of rotatable bonds is 12. The Morgan fingerprint density at radius 1 is 0.779 bits per heavy atom. The lowest BCUT2D eigenvalue weighted by Crippen LogP contribution is -2.51. The van der Waals surface area contributed by atoms with Gasteiger partial charge in [-0.25, -0.2) is 19.6 Å². The maximum absolute atomic E-state index is 13.9. The zero-order valence-corrected chi connectivity index (χ0v) is 42.7. The summed E-state index contributed by atoms with van der Waals surface area (Å²) in [4.78, 5) is 78.3. The Morgan fingerprint density at radius 3 is 2.01 bits per heavy atom. The molecule has 5 aliphatic rings. The third-order valence-corrected chi connectivity index (χ3v) is 16.0. The second-order valence-electron chi connectivity index (χ2n) is 20.6. The van der Waals surface area contributed by atoms with Gasteiger partial charge in [-0.1, -0.05) is 52.7 Å². The van der Waals surface area contributed by atoms with Crippen molar-refractivity contribution in [2.75, 3.05) is 20.2 Å². The van der Waals surface area contributed by atoms with E-state index >= 15 is 0 Å². The second-order valence-corrected chi connectivity index (χ2v) is 21.1. The molecule has 362 valence electrons. The highest BCUT2D eigenvalue weighted by atomic mass is 127. The average molecular weight is 1040 g/mol. The Bertz CT molecular complexity index is 2630. The number of benzene rings is 1. The fraction of sp³-hybridized carbons (Fsp3) is 0.558. The summed E-state index contributed by atoms with van der Waals surface area (Å²) in [6.45, 7) is 13.1. The number of nitrogens with zero attached hydrogens (tertiary/aromatic N) is 5. The number of H-pyrrole nitrogens is 2. The number of nitrogens with one attached hydrogen (secondary N) is 4. The van der Waals surface area contributed by atoms with Crippen molar-refractivity contribution in [1.29, 1.82) is 0 Å². The largest absolute Gasteiger partial charge is 0.453 e. The van der Waals surface area contributed by atoms with Crippen molar-refractivity contribution in [1.82, 2.24) is 45.4 Å². The van der Waals surface area contributed by atoms with E-state index in [0.717, 1.165) is 103 Å². The molecule has 4 amide bonds. The smallest absolute Gasteiger partial charge is 0.417 e. The topological polar surface area (TPSA) is 188 Å². The van der Waals surface area contributed by atoms with Crippen LogP contribution in [-0.4, -0.2) is 91.0 Å². The minimum absolute atomic E-state index is 0.106. The molecule has 5 heterocycles. The highest BCUT2D eigenvalue weighted by molar-refractivity contribution is 14.1. The highest BCUT2D eigenvalue weighted by Gasteiger charge is 2.43. The van der Waals surface area contributed by atoms with E-state index in [-0.39, 0.29) is 41.1 Å². The van der Waals surface area contributed by atoms with Crippen LogP contribution in [0.25, 0.3) is 34.2 Å². The third kappa shape index (κ3) is 9.05. The molecular formula is C52H66IN9O6. The average Bonchev–Trinajstić information content (AvgIpc) is 4.18. The number of aromatic nitrogens is 5. The number of methoxy groups -OCH3 is 1. The number of halogens is 1. The number of alkyl carbamates (subject to hydrolysis) is 1. The van der Waals surface area contributed by atoms with E-state index in [1.54, 1.807) is 0 Å². The van der Waals surface area contributed by atoms with Gasteiger partial charge in [0, 0.05) is 36.1 Å². The first kappa shape index (κ1) is 47.8. The quantitative estimate of drug-likeness (QED) is 0.100. The van der Waals surface area contributed by atoms with E-state index in [1.165, 1.54) is 89.2 Å². The van der Waals surface area contributed by atoms with E-state index in [2.05, 4.69) is 51.9 Å². The third-order valence-electron chi connectivity index (χ3n) is 15.6. The number of hydrogen-bond acceptors (Lipinski definition) is 9. The zero-order chi connectivity index (χ0) is 48.0.